The van der Waals surface area contributed by atoms with Crippen molar-refractivity contribution in [1.29, 1.82) is 0 Å². The molecule has 0 radical (unpaired) electrons. The summed E-state index contributed by atoms with van der Waals surface area (Å²) in [6.45, 7) is 63.8. The van der Waals surface area contributed by atoms with E-state index in [0.29, 0.717) is 57.5 Å². The van der Waals surface area contributed by atoms with Crippen LogP contribution < -0.4 is 37.9 Å². The molecule has 12 aromatic rings. The van der Waals surface area contributed by atoms with E-state index < -0.39 is 47.8 Å². The number of esters is 8. The lowest BCUT2D eigenvalue weighted by Gasteiger charge is -2.26. The van der Waals surface area contributed by atoms with Crippen molar-refractivity contribution in [2.45, 2.75) is 155 Å². The summed E-state index contributed by atoms with van der Waals surface area (Å²) in [6.07, 6.45) is 8.97. The van der Waals surface area contributed by atoms with Crippen LogP contribution >= 0.6 is 0 Å². The van der Waals surface area contributed by atoms with Gasteiger partial charge in [-0.15, -0.1) is 0 Å². The molecule has 0 amide bonds. The molecule has 0 aliphatic carbocycles. The monoisotopic (exact) mass is 1870 g/mol. The first-order valence-corrected chi connectivity index (χ1v) is 44.6. The van der Waals surface area contributed by atoms with Crippen molar-refractivity contribution in [1.82, 2.24) is 0 Å². The molecule has 0 saturated heterocycles. The molecule has 0 spiro atoms. The van der Waals surface area contributed by atoms with Gasteiger partial charge in [-0.1, -0.05) is 180 Å². The van der Waals surface area contributed by atoms with E-state index in [-0.39, 0.29) is 35.2 Å². The summed E-state index contributed by atoms with van der Waals surface area (Å²) in [5, 5.41) is 41.7. The fourth-order valence-corrected chi connectivity index (χ4v) is 16.7. The highest BCUT2D eigenvalue weighted by Gasteiger charge is 2.32. The van der Waals surface area contributed by atoms with Gasteiger partial charge in [-0.25, -0.2) is 38.4 Å². The maximum absolute atomic E-state index is 12.3. The number of ether oxygens (including phenoxy) is 8. The summed E-state index contributed by atoms with van der Waals surface area (Å²) >= 11 is 0. The molecule has 0 atom stereocenters. The lowest BCUT2D eigenvalue weighted by Crippen LogP contribution is -2.14. The van der Waals surface area contributed by atoms with Crippen LogP contribution in [0.1, 0.15) is 196 Å². The van der Waals surface area contributed by atoms with Gasteiger partial charge in [0, 0.05) is 94.5 Å². The minimum atomic E-state index is -0.571. The van der Waals surface area contributed by atoms with Gasteiger partial charge in [0.05, 0.1) is 0 Å². The Morgan fingerprint density at radius 3 is 0.705 bits per heavy atom. The number of phenols is 4. The zero-order valence-electron chi connectivity index (χ0n) is 82.1. The lowest BCUT2D eigenvalue weighted by molar-refractivity contribution is -0.129. The topological polar surface area (TPSA) is 291 Å². The summed E-state index contributed by atoms with van der Waals surface area (Å²) < 4.78 is 44.0. The minimum Gasteiger partial charge on any atom is -0.508 e. The second-order valence-electron chi connectivity index (χ2n) is 34.3. The summed E-state index contributed by atoms with van der Waals surface area (Å²) in [6, 6.07) is 55.1. The largest absolute Gasteiger partial charge is 0.508 e. The number of aryl methyl sites for hydroxylation is 19. The SMILES string of the molecule is C=CC(=O)Oc1cc(C)c(C(c2cc(C)c(OC(=O)C=C)cc2C)c2ccc(C)cc2O)cc1C.C=CC(=O)Oc1cc(C)c(C(c2cc(C)c(OC(=O)C=C)cc2C)c2ccc(C)cc2OC(=O)C=C)cc1C.C=CC(=O)Oc1cc(C)ccc1C(c1cc(C)c(OC(=O)C=C)c(C)c1)c1cc(C)c(OC(=O)C=C)c(C)c1.Cc1cc(C(c2cc(C)c(O)c(C)c2)c2ccccc2O)cc(C)c1O. The standard InChI is InChI=1S/2C33H32O6.C30H30O5.C23H24O3/c1-9-30(34)37-27-17-20(5)25(15-22(27)7)33(24-13-12-19(4)14-29(24)39-32(36)11-3)26-16-23(8)28(18-21(26)6)38-31(35)10-2;1-9-28(34)37-27-14-19(4)12-13-26(27)31(24-15-20(5)32(21(6)16-24)38-29(35)10-2)25-17-22(7)33(23(8)18-25)39-30(36)11-3;1-8-28(32)34-26-15-18(4)23(13-20(26)6)30(22-11-10-17(3)12-25(22)31)24-14-21(7)27(16-19(24)5)35-29(33)9-2;1-13-9-17(10-14(2)22(13)25)21(19-7-5-6-8-20(19)24)18-11-15(3)23(26)16(4)12-18/h9-18,33H,1-3H2,4-8H3;9-18,31H,1-3H2,4-8H3;8-16,30-31H,1-2H2,3-7H3;5-12,21,24-26H,1-4H3. The summed E-state index contributed by atoms with van der Waals surface area (Å²) in [4.78, 5) is 95.7. The average Bonchev–Trinajstić information content (AvgIpc) is 0.779. The highest BCUT2D eigenvalue weighted by Crippen LogP contribution is 2.49. The minimum absolute atomic E-state index is 0.188. The van der Waals surface area contributed by atoms with Gasteiger partial charge in [0.25, 0.3) is 0 Å². The van der Waals surface area contributed by atoms with Crippen molar-refractivity contribution < 1.29 is 96.7 Å². The van der Waals surface area contributed by atoms with Gasteiger partial charge in [0.15, 0.2) is 0 Å². The van der Waals surface area contributed by atoms with Crippen LogP contribution in [0, 0.1) is 132 Å². The predicted molar refractivity (Wildman–Crippen MR) is 544 cm³/mol. The van der Waals surface area contributed by atoms with Crippen LogP contribution in [0.2, 0.25) is 0 Å². The molecule has 0 heterocycles. The van der Waals surface area contributed by atoms with E-state index in [0.717, 1.165) is 221 Å². The number of hydrogen-bond acceptors (Lipinski definition) is 20. The quantitative estimate of drug-likeness (QED) is 0.0153. The molecule has 0 saturated carbocycles. The van der Waals surface area contributed by atoms with Crippen LogP contribution in [0.3, 0.4) is 0 Å². The molecule has 20 heteroatoms. The Bertz CT molecular complexity index is 6540. The van der Waals surface area contributed by atoms with Gasteiger partial charge < -0.3 is 58.3 Å². The third kappa shape index (κ3) is 26.2. The number of aromatic hydroxyl groups is 4. The van der Waals surface area contributed by atoms with Crippen molar-refractivity contribution in [2.24, 2.45) is 0 Å². The summed E-state index contributed by atoms with van der Waals surface area (Å²) in [5.74, 6) is -1.14. The van der Waals surface area contributed by atoms with E-state index in [1.807, 2.05) is 289 Å². The molecule has 20 nitrogen and oxygen atoms in total. The molecule has 4 N–H and O–H groups in total. The van der Waals surface area contributed by atoms with Crippen LogP contribution in [-0.4, -0.2) is 68.2 Å². The number of rotatable bonds is 28. The van der Waals surface area contributed by atoms with Crippen LogP contribution in [0.15, 0.2) is 277 Å². The molecule has 714 valence electrons. The van der Waals surface area contributed by atoms with E-state index >= 15 is 0 Å². The van der Waals surface area contributed by atoms with Crippen LogP contribution in [-0.2, 0) is 38.4 Å². The highest BCUT2D eigenvalue weighted by atomic mass is 16.6. The van der Waals surface area contributed by atoms with E-state index in [2.05, 4.69) is 52.6 Å². The Morgan fingerprint density at radius 1 is 0.209 bits per heavy atom. The molecule has 12 aromatic carbocycles. The van der Waals surface area contributed by atoms with Crippen LogP contribution in [0.4, 0.5) is 0 Å². The Hall–Kier alpha value is -16.5. The number of phenolic OH excluding ortho intramolecular Hbond substituents is 4. The molecular weight excluding hydrogens is 1750 g/mol. The van der Waals surface area contributed by atoms with Crippen molar-refractivity contribution in [3.8, 4) is 69.0 Å². The van der Waals surface area contributed by atoms with Crippen LogP contribution in [0.25, 0.3) is 0 Å². The fraction of sp³-hybridized carbons (Fsp3) is 0.193. The highest BCUT2D eigenvalue weighted by molar-refractivity contribution is 5.88. The Kier molecular flexibility index (Phi) is 36.0. The smallest absolute Gasteiger partial charge is 0.335 e. The Morgan fingerprint density at radius 2 is 0.432 bits per heavy atom. The fourth-order valence-electron chi connectivity index (χ4n) is 16.7. The van der Waals surface area contributed by atoms with E-state index in [4.69, 9.17) is 37.9 Å². The number of carbonyl (C=O) groups excluding carboxylic acids is 8. The van der Waals surface area contributed by atoms with Gasteiger partial charge in [0.2, 0.25) is 0 Å². The number of hydrogen-bond donors (Lipinski definition) is 4. The lowest BCUT2D eigenvalue weighted by atomic mass is 9.79. The summed E-state index contributed by atoms with van der Waals surface area (Å²) in [5.41, 5.74) is 26.1. The first-order chi connectivity index (χ1) is 65.8. The van der Waals surface area contributed by atoms with Crippen molar-refractivity contribution >= 4 is 47.8 Å². The van der Waals surface area contributed by atoms with E-state index in [1.165, 1.54) is 0 Å². The van der Waals surface area contributed by atoms with Gasteiger partial charge >= 0.3 is 47.8 Å². The second-order valence-corrected chi connectivity index (χ2v) is 34.3. The molecule has 0 aliphatic rings. The third-order valence-electron chi connectivity index (χ3n) is 23.5. The molecule has 0 bridgehead atoms. The van der Waals surface area contributed by atoms with Gasteiger partial charge in [-0.3, -0.25) is 0 Å². The van der Waals surface area contributed by atoms with Gasteiger partial charge in [-0.2, -0.15) is 0 Å². The molecular formula is C119H118O20. The van der Waals surface area contributed by atoms with Gasteiger partial charge in [0.1, 0.15) is 69.0 Å². The van der Waals surface area contributed by atoms with Crippen LogP contribution in [0.5, 0.6) is 69.0 Å². The number of carbonyl (C=O) groups is 8. The van der Waals surface area contributed by atoms with Gasteiger partial charge in [-0.05, 0) is 330 Å². The van der Waals surface area contributed by atoms with Crippen molar-refractivity contribution in [2.75, 3.05) is 0 Å². The molecule has 12 rings (SSSR count). The zero-order valence-corrected chi connectivity index (χ0v) is 82.1. The molecule has 0 unspecified atom stereocenters. The van der Waals surface area contributed by atoms with E-state index in [1.54, 1.807) is 18.2 Å². The Labute approximate surface area is 813 Å². The Balaban J connectivity index is 0.000000209. The molecule has 139 heavy (non-hydrogen) atoms. The normalized spacial score (nSPS) is 10.7. The maximum Gasteiger partial charge on any atom is 0.335 e. The molecule has 0 aromatic heterocycles. The maximum atomic E-state index is 12.3. The number of para-hydroxylation sites is 1. The zero-order chi connectivity index (χ0) is 103. The van der Waals surface area contributed by atoms with E-state index in [9.17, 15) is 58.8 Å². The first-order valence-electron chi connectivity index (χ1n) is 44.6. The van der Waals surface area contributed by atoms with Crippen molar-refractivity contribution in [3.05, 3.63) is 450 Å². The second kappa shape index (κ2) is 47.1. The third-order valence-corrected chi connectivity index (χ3v) is 23.5. The predicted octanol–water partition coefficient (Wildman–Crippen LogP) is 24.9. The molecule has 0 aliphatic heterocycles. The summed E-state index contributed by atoms with van der Waals surface area (Å²) in [7, 11) is 0. The molecule has 0 fully saturated rings. The van der Waals surface area contributed by atoms with Crippen molar-refractivity contribution in [3.63, 3.8) is 0 Å². The average molecular weight is 1870 g/mol. The number of benzene rings is 12. The first kappa shape index (κ1) is 106.